The first-order valence-electron chi connectivity index (χ1n) is 9.43. The Morgan fingerprint density at radius 2 is 1.97 bits per heavy atom. The maximum absolute atomic E-state index is 12.5. The number of hydrogen-bond acceptors (Lipinski definition) is 7. The molecule has 3 aromatic rings. The normalized spacial score (nSPS) is 13.1. The summed E-state index contributed by atoms with van der Waals surface area (Å²) in [6, 6.07) is 14.9. The van der Waals surface area contributed by atoms with Gasteiger partial charge in [-0.2, -0.15) is 0 Å². The Kier molecular flexibility index (Phi) is 6.35. The number of aromatic nitrogens is 1. The van der Waals surface area contributed by atoms with E-state index in [-0.39, 0.29) is 36.7 Å². The van der Waals surface area contributed by atoms with Gasteiger partial charge in [0.2, 0.25) is 12.7 Å². The monoisotopic (exact) mass is 440 g/mol. The van der Waals surface area contributed by atoms with E-state index in [9.17, 15) is 9.59 Å². The summed E-state index contributed by atoms with van der Waals surface area (Å²) in [4.78, 5) is 29.3. The predicted octanol–water partition coefficient (Wildman–Crippen LogP) is 4.27. The maximum Gasteiger partial charge on any atom is 0.231 e. The van der Waals surface area contributed by atoms with Gasteiger partial charge in [-0.3, -0.25) is 9.59 Å². The van der Waals surface area contributed by atoms with Gasteiger partial charge in [-0.1, -0.05) is 42.1 Å². The zero-order chi connectivity index (χ0) is 20.9. The highest BCUT2D eigenvalue weighted by molar-refractivity contribution is 8.01. The van der Waals surface area contributed by atoms with E-state index in [0.29, 0.717) is 22.8 Å². The fourth-order valence-electron chi connectivity index (χ4n) is 3.00. The highest BCUT2D eigenvalue weighted by atomic mass is 32.2. The second-order valence-corrected chi connectivity index (χ2v) is 8.84. The topological polar surface area (TPSA) is 77.5 Å². The summed E-state index contributed by atoms with van der Waals surface area (Å²) in [5, 5.41) is 4.85. The highest BCUT2D eigenvalue weighted by Gasteiger charge is 2.17. The molecule has 2 heterocycles. The van der Waals surface area contributed by atoms with Gasteiger partial charge in [0.15, 0.2) is 21.6 Å². The minimum absolute atomic E-state index is 0.00974. The lowest BCUT2D eigenvalue weighted by Gasteiger charge is -2.13. The van der Waals surface area contributed by atoms with Crippen LogP contribution in [0.15, 0.2) is 58.3 Å². The first-order chi connectivity index (χ1) is 14.6. The smallest absolute Gasteiger partial charge is 0.231 e. The van der Waals surface area contributed by atoms with Gasteiger partial charge in [-0.05, 0) is 30.7 Å². The molecule has 1 atom stereocenters. The van der Waals surface area contributed by atoms with E-state index in [0.717, 1.165) is 9.90 Å². The SMILES string of the molecule is C[C@H](NC(=O)Cc1csc(SCC(=O)c2ccc3c(c2)OCO3)n1)c1ccccc1. The first-order valence-corrected chi connectivity index (χ1v) is 11.3. The Bertz CT molecular complexity index is 1050. The van der Waals surface area contributed by atoms with Crippen LogP contribution in [0.3, 0.4) is 0 Å². The molecule has 2 aromatic carbocycles. The minimum atomic E-state index is -0.0790. The molecular formula is C22H20N2O4S2. The number of thiazole rings is 1. The molecule has 1 aliphatic heterocycles. The van der Waals surface area contributed by atoms with E-state index in [4.69, 9.17) is 9.47 Å². The van der Waals surface area contributed by atoms with Crippen molar-refractivity contribution in [3.63, 3.8) is 0 Å². The molecule has 6 nitrogen and oxygen atoms in total. The number of nitrogens with zero attached hydrogens (tertiary/aromatic N) is 1. The van der Waals surface area contributed by atoms with Gasteiger partial charge < -0.3 is 14.8 Å². The Labute approximate surface area is 182 Å². The number of hydrogen-bond donors (Lipinski definition) is 1. The molecule has 154 valence electrons. The van der Waals surface area contributed by atoms with Gasteiger partial charge in [0.1, 0.15) is 0 Å². The van der Waals surface area contributed by atoms with Crippen LogP contribution >= 0.6 is 23.1 Å². The van der Waals surface area contributed by atoms with Crippen LogP contribution < -0.4 is 14.8 Å². The van der Waals surface area contributed by atoms with Gasteiger partial charge in [0, 0.05) is 10.9 Å². The number of benzene rings is 2. The molecule has 30 heavy (non-hydrogen) atoms. The number of nitrogens with one attached hydrogen (secondary N) is 1. The summed E-state index contributed by atoms with van der Waals surface area (Å²) in [6.45, 7) is 2.14. The number of fused-ring (bicyclic) bond motifs is 1. The maximum atomic E-state index is 12.5. The van der Waals surface area contributed by atoms with Gasteiger partial charge in [0.25, 0.3) is 0 Å². The lowest BCUT2D eigenvalue weighted by atomic mass is 10.1. The van der Waals surface area contributed by atoms with Crippen LogP contribution in [0.5, 0.6) is 11.5 Å². The third kappa shape index (κ3) is 5.01. The molecule has 1 amide bonds. The van der Waals surface area contributed by atoms with Crippen molar-refractivity contribution in [2.24, 2.45) is 0 Å². The number of thioether (sulfide) groups is 1. The highest BCUT2D eigenvalue weighted by Crippen LogP contribution is 2.33. The second-order valence-electron chi connectivity index (χ2n) is 6.76. The van der Waals surface area contributed by atoms with E-state index >= 15 is 0 Å². The molecule has 1 aliphatic rings. The molecule has 0 fully saturated rings. The number of carbonyl (C=O) groups excluding carboxylic acids is 2. The standard InChI is InChI=1S/C22H20N2O4S2/c1-14(15-5-3-2-4-6-15)23-21(26)10-17-11-29-22(24-17)30-12-18(25)16-7-8-19-20(9-16)28-13-27-19/h2-9,11,14H,10,12-13H2,1H3,(H,23,26)/t14-/m0/s1. The number of amides is 1. The Morgan fingerprint density at radius 3 is 2.80 bits per heavy atom. The van der Waals surface area contributed by atoms with E-state index in [1.165, 1.54) is 23.1 Å². The number of ketones is 1. The summed E-state index contributed by atoms with van der Waals surface area (Å²) in [5.74, 6) is 1.43. The summed E-state index contributed by atoms with van der Waals surface area (Å²) >= 11 is 2.81. The molecule has 4 rings (SSSR count). The number of ether oxygens (including phenoxy) is 2. The van der Waals surface area contributed by atoms with Gasteiger partial charge >= 0.3 is 0 Å². The van der Waals surface area contributed by atoms with Crippen LogP contribution in [0.25, 0.3) is 0 Å². The third-order valence-electron chi connectivity index (χ3n) is 4.57. The van der Waals surface area contributed by atoms with Crippen molar-refractivity contribution in [2.75, 3.05) is 12.5 Å². The summed E-state index contributed by atoms with van der Waals surface area (Å²) < 4.78 is 11.4. The van der Waals surface area contributed by atoms with Crippen LogP contribution in [-0.4, -0.2) is 29.2 Å². The quantitative estimate of drug-likeness (QED) is 0.416. The van der Waals surface area contributed by atoms with Crippen LogP contribution in [0, 0.1) is 0 Å². The molecule has 8 heteroatoms. The van der Waals surface area contributed by atoms with Crippen molar-refractivity contribution in [1.29, 1.82) is 0 Å². The fraction of sp³-hybridized carbons (Fsp3) is 0.227. The molecule has 0 radical (unpaired) electrons. The molecule has 0 unspecified atom stereocenters. The Balaban J connectivity index is 1.27. The Hall–Kier alpha value is -2.84. The van der Waals surface area contributed by atoms with Gasteiger partial charge in [-0.15, -0.1) is 11.3 Å². The minimum Gasteiger partial charge on any atom is -0.454 e. The molecule has 0 spiro atoms. The average Bonchev–Trinajstić information content (AvgIpc) is 3.41. The Morgan fingerprint density at radius 1 is 1.17 bits per heavy atom. The molecule has 0 bridgehead atoms. The van der Waals surface area contributed by atoms with Crippen molar-refractivity contribution >= 4 is 34.8 Å². The molecule has 0 saturated carbocycles. The van der Waals surface area contributed by atoms with Crippen LogP contribution in [-0.2, 0) is 11.2 Å². The first kappa shape index (κ1) is 20.4. The average molecular weight is 441 g/mol. The predicted molar refractivity (Wildman–Crippen MR) is 116 cm³/mol. The largest absolute Gasteiger partial charge is 0.454 e. The molecular weight excluding hydrogens is 420 g/mol. The molecule has 0 aliphatic carbocycles. The van der Waals surface area contributed by atoms with Gasteiger partial charge in [0.05, 0.1) is 23.9 Å². The summed E-state index contributed by atoms with van der Waals surface area (Å²) in [6.07, 6.45) is 0.213. The molecule has 0 saturated heterocycles. The van der Waals surface area contributed by atoms with Crippen LogP contribution in [0.1, 0.15) is 34.6 Å². The second kappa shape index (κ2) is 9.32. The van der Waals surface area contributed by atoms with Crippen LogP contribution in [0.4, 0.5) is 0 Å². The van der Waals surface area contributed by atoms with Crippen molar-refractivity contribution in [3.8, 4) is 11.5 Å². The van der Waals surface area contributed by atoms with Gasteiger partial charge in [-0.25, -0.2) is 4.98 Å². The lowest BCUT2D eigenvalue weighted by Crippen LogP contribution is -2.28. The van der Waals surface area contributed by atoms with Crippen molar-refractivity contribution in [1.82, 2.24) is 10.3 Å². The van der Waals surface area contributed by atoms with Crippen LogP contribution in [0.2, 0.25) is 0 Å². The fourth-order valence-corrected chi connectivity index (χ4v) is 4.74. The zero-order valence-electron chi connectivity index (χ0n) is 16.3. The molecule has 1 aromatic heterocycles. The van der Waals surface area contributed by atoms with Crippen molar-refractivity contribution in [3.05, 3.63) is 70.7 Å². The number of rotatable bonds is 8. The summed E-state index contributed by atoms with van der Waals surface area (Å²) in [5.41, 5.74) is 2.34. The number of carbonyl (C=O) groups is 2. The lowest BCUT2D eigenvalue weighted by molar-refractivity contribution is -0.121. The molecule has 1 N–H and O–H groups in total. The van der Waals surface area contributed by atoms with E-state index in [1.807, 2.05) is 42.6 Å². The zero-order valence-corrected chi connectivity index (χ0v) is 17.9. The third-order valence-corrected chi connectivity index (χ3v) is 6.64. The summed E-state index contributed by atoms with van der Waals surface area (Å²) in [7, 11) is 0. The number of Topliss-reactive ketones (excluding diaryl/α,β-unsaturated/α-hetero) is 1. The van der Waals surface area contributed by atoms with E-state index < -0.39 is 0 Å². The van der Waals surface area contributed by atoms with Crippen molar-refractivity contribution < 1.29 is 19.1 Å². The van der Waals surface area contributed by atoms with Crippen molar-refractivity contribution in [2.45, 2.75) is 23.7 Å². The van der Waals surface area contributed by atoms with E-state index in [2.05, 4.69) is 10.3 Å². The van der Waals surface area contributed by atoms with E-state index in [1.54, 1.807) is 18.2 Å².